The number of nitrogens with one attached hydrogen (secondary N) is 2. The van der Waals surface area contributed by atoms with Crippen molar-refractivity contribution in [3.8, 4) is 0 Å². The van der Waals surface area contributed by atoms with Crippen LogP contribution in [0.2, 0.25) is 0 Å². The fourth-order valence-electron chi connectivity index (χ4n) is 3.93. The number of fused-ring (bicyclic) bond motifs is 1. The number of piperidine rings is 1. The average Bonchev–Trinajstić information content (AvgIpc) is 2.43. The van der Waals surface area contributed by atoms with Gasteiger partial charge in [-0.2, -0.15) is 0 Å². The Morgan fingerprint density at radius 2 is 1.79 bits per heavy atom. The van der Waals surface area contributed by atoms with Gasteiger partial charge in [0.05, 0.1) is 4.88 Å². The van der Waals surface area contributed by atoms with Crippen molar-refractivity contribution in [3.05, 3.63) is 44.7 Å². The summed E-state index contributed by atoms with van der Waals surface area (Å²) in [5.74, 6) is -0.152. The fourth-order valence-corrected chi connectivity index (χ4v) is 4.76. The van der Waals surface area contributed by atoms with E-state index in [0.29, 0.717) is 10.3 Å². The summed E-state index contributed by atoms with van der Waals surface area (Å²) in [5.41, 5.74) is -0.0631. The molecule has 1 saturated heterocycles. The average molecular weight is 344 g/mol. The molecule has 0 bridgehead atoms. The number of benzene rings is 1. The Morgan fingerprint density at radius 3 is 2.46 bits per heavy atom. The molecule has 24 heavy (non-hydrogen) atoms. The molecule has 0 unspecified atom stereocenters. The molecule has 2 aromatic rings. The summed E-state index contributed by atoms with van der Waals surface area (Å²) in [7, 11) is 0. The van der Waals surface area contributed by atoms with Gasteiger partial charge in [0.2, 0.25) is 4.74 Å². The zero-order chi connectivity index (χ0) is 17.5. The van der Waals surface area contributed by atoms with Crippen molar-refractivity contribution >= 4 is 28.0 Å². The molecule has 0 spiro atoms. The lowest BCUT2D eigenvalue weighted by Gasteiger charge is -2.46. The fraction of sp³-hybridized carbons (Fsp3) is 0.474. The van der Waals surface area contributed by atoms with E-state index in [0.717, 1.165) is 29.6 Å². The predicted molar refractivity (Wildman–Crippen MR) is 99.9 cm³/mol. The van der Waals surface area contributed by atoms with E-state index < -0.39 is 0 Å². The van der Waals surface area contributed by atoms with Crippen LogP contribution in [-0.4, -0.2) is 23.0 Å². The molecule has 1 fully saturated rings. The van der Waals surface area contributed by atoms with Crippen molar-refractivity contribution < 1.29 is 4.79 Å². The van der Waals surface area contributed by atoms with E-state index in [4.69, 9.17) is 0 Å². The van der Waals surface area contributed by atoms with E-state index in [1.807, 2.05) is 24.3 Å². The maximum Gasteiger partial charge on any atom is 0.261 e. The third kappa shape index (κ3) is 3.68. The first kappa shape index (κ1) is 17.1. The van der Waals surface area contributed by atoms with Gasteiger partial charge in [-0.3, -0.25) is 9.59 Å². The van der Waals surface area contributed by atoms with Gasteiger partial charge >= 0.3 is 0 Å². The van der Waals surface area contributed by atoms with Crippen molar-refractivity contribution in [2.24, 2.45) is 0 Å². The molecule has 0 atom stereocenters. The van der Waals surface area contributed by atoms with Crippen molar-refractivity contribution in [2.45, 2.75) is 57.7 Å². The van der Waals surface area contributed by atoms with Gasteiger partial charge < -0.3 is 10.6 Å². The van der Waals surface area contributed by atoms with Gasteiger partial charge in [-0.05, 0) is 58.1 Å². The van der Waals surface area contributed by atoms with Gasteiger partial charge in [0.1, 0.15) is 0 Å². The summed E-state index contributed by atoms with van der Waals surface area (Å²) >= 11 is 1.02. The maximum absolute atomic E-state index is 12.7. The Bertz CT molecular complexity index is 823. The molecule has 2 heterocycles. The molecule has 2 N–H and O–H groups in total. The molecular formula is C19H24N2O2S. The molecule has 128 valence electrons. The SMILES string of the molecule is CC1(C)CC(NC(=O)c2cc3ccccc3c(=O)s2)CC(C)(C)N1. The van der Waals surface area contributed by atoms with Gasteiger partial charge in [0, 0.05) is 22.5 Å². The van der Waals surface area contributed by atoms with E-state index in [9.17, 15) is 9.59 Å². The lowest BCUT2D eigenvalue weighted by molar-refractivity contribution is 0.0877. The quantitative estimate of drug-likeness (QED) is 0.879. The van der Waals surface area contributed by atoms with E-state index in [1.165, 1.54) is 0 Å². The minimum atomic E-state index is -0.152. The van der Waals surface area contributed by atoms with E-state index in [-0.39, 0.29) is 27.8 Å². The minimum absolute atomic E-state index is 0.0315. The van der Waals surface area contributed by atoms with Gasteiger partial charge in [-0.15, -0.1) is 0 Å². The highest BCUT2D eigenvalue weighted by atomic mass is 32.1. The predicted octanol–water partition coefficient (Wildman–Crippen LogP) is 3.30. The van der Waals surface area contributed by atoms with Crippen LogP contribution in [0.5, 0.6) is 0 Å². The molecule has 1 aliphatic heterocycles. The summed E-state index contributed by atoms with van der Waals surface area (Å²) in [4.78, 5) is 25.4. The van der Waals surface area contributed by atoms with Crippen LogP contribution in [0.25, 0.3) is 10.8 Å². The van der Waals surface area contributed by atoms with Crippen LogP contribution >= 0.6 is 11.3 Å². The zero-order valence-corrected chi connectivity index (χ0v) is 15.4. The monoisotopic (exact) mass is 344 g/mol. The molecule has 0 radical (unpaired) electrons. The van der Waals surface area contributed by atoms with E-state index in [1.54, 1.807) is 6.07 Å². The summed E-state index contributed by atoms with van der Waals surface area (Å²) < 4.78 is -0.0655. The number of carbonyl (C=O) groups excluding carboxylic acids is 1. The van der Waals surface area contributed by atoms with Crippen LogP contribution in [0, 0.1) is 0 Å². The van der Waals surface area contributed by atoms with E-state index in [2.05, 4.69) is 38.3 Å². The maximum atomic E-state index is 12.7. The third-order valence-electron chi connectivity index (χ3n) is 4.42. The second kappa shape index (κ2) is 5.97. The second-order valence-corrected chi connectivity index (χ2v) is 8.97. The molecular weight excluding hydrogens is 320 g/mol. The van der Waals surface area contributed by atoms with Gasteiger partial charge in [0.15, 0.2) is 0 Å². The van der Waals surface area contributed by atoms with Crippen LogP contribution in [0.3, 0.4) is 0 Å². The Kier molecular flexibility index (Phi) is 4.26. The summed E-state index contributed by atoms with van der Waals surface area (Å²) in [6.45, 7) is 8.62. The van der Waals surface area contributed by atoms with E-state index >= 15 is 0 Å². The van der Waals surface area contributed by atoms with Gasteiger partial charge in [-0.1, -0.05) is 29.5 Å². The molecule has 0 aliphatic carbocycles. The summed E-state index contributed by atoms with van der Waals surface area (Å²) in [6.07, 6.45) is 1.73. The molecule has 1 aromatic carbocycles. The first-order chi connectivity index (χ1) is 11.2. The molecule has 1 amide bonds. The molecule has 4 nitrogen and oxygen atoms in total. The topological polar surface area (TPSA) is 58.2 Å². The molecule has 1 aliphatic rings. The normalized spacial score (nSPS) is 20.0. The zero-order valence-electron chi connectivity index (χ0n) is 14.6. The van der Waals surface area contributed by atoms with Crippen LogP contribution in [0.1, 0.15) is 50.2 Å². The first-order valence-corrected chi connectivity index (χ1v) is 9.10. The number of amides is 1. The highest BCUT2D eigenvalue weighted by molar-refractivity contribution is 7.12. The Hall–Kier alpha value is -1.72. The molecule has 0 saturated carbocycles. The lowest BCUT2D eigenvalue weighted by Crippen LogP contribution is -2.62. The largest absolute Gasteiger partial charge is 0.348 e. The van der Waals surface area contributed by atoms with Crippen molar-refractivity contribution in [2.75, 3.05) is 0 Å². The number of rotatable bonds is 2. The second-order valence-electron chi connectivity index (χ2n) is 7.96. The Morgan fingerprint density at radius 1 is 1.17 bits per heavy atom. The highest BCUT2D eigenvalue weighted by Gasteiger charge is 2.38. The Labute approximate surface area is 146 Å². The van der Waals surface area contributed by atoms with Crippen LogP contribution in [0.15, 0.2) is 35.1 Å². The van der Waals surface area contributed by atoms with Crippen LogP contribution in [0.4, 0.5) is 0 Å². The molecule has 1 aromatic heterocycles. The van der Waals surface area contributed by atoms with Crippen molar-refractivity contribution in [1.29, 1.82) is 0 Å². The number of carbonyl (C=O) groups is 1. The van der Waals surface area contributed by atoms with Crippen molar-refractivity contribution in [3.63, 3.8) is 0 Å². The van der Waals surface area contributed by atoms with Crippen LogP contribution in [-0.2, 0) is 0 Å². The van der Waals surface area contributed by atoms with Gasteiger partial charge in [0.25, 0.3) is 5.91 Å². The Balaban J connectivity index is 1.84. The van der Waals surface area contributed by atoms with Gasteiger partial charge in [-0.25, -0.2) is 0 Å². The van der Waals surface area contributed by atoms with Crippen LogP contribution < -0.4 is 15.4 Å². The summed E-state index contributed by atoms with van der Waals surface area (Å²) in [5, 5.41) is 8.23. The first-order valence-electron chi connectivity index (χ1n) is 8.28. The minimum Gasteiger partial charge on any atom is -0.348 e. The highest BCUT2D eigenvalue weighted by Crippen LogP contribution is 2.28. The number of hydrogen-bond donors (Lipinski definition) is 2. The summed E-state index contributed by atoms with van der Waals surface area (Å²) in [6, 6.07) is 9.30. The van der Waals surface area contributed by atoms with Crippen molar-refractivity contribution in [1.82, 2.24) is 10.6 Å². The molecule has 5 heteroatoms. The molecule has 3 rings (SSSR count). The number of hydrogen-bond acceptors (Lipinski definition) is 4. The smallest absolute Gasteiger partial charge is 0.261 e. The third-order valence-corrected chi connectivity index (χ3v) is 5.35. The standard InChI is InChI=1S/C19H24N2O2S/c1-18(2)10-13(11-19(3,4)21-18)20-16(22)15-9-12-7-5-6-8-14(12)17(23)24-15/h5-9,13,21H,10-11H2,1-4H3,(H,20,22). The lowest BCUT2D eigenvalue weighted by atomic mass is 9.79.